The number of esters is 1. The zero-order chi connectivity index (χ0) is 40.1. The third kappa shape index (κ3) is 41.5. The zero-order valence-corrected chi connectivity index (χ0v) is 36.4. The lowest BCUT2D eigenvalue weighted by Gasteiger charge is -2.20. The molecule has 0 aliphatic carbocycles. The van der Waals surface area contributed by atoms with E-state index >= 15 is 0 Å². The van der Waals surface area contributed by atoms with Crippen LogP contribution in [0.1, 0.15) is 239 Å². The van der Waals surface area contributed by atoms with E-state index in [4.69, 9.17) is 4.74 Å². The maximum Gasteiger partial charge on any atom is 0.305 e. The van der Waals surface area contributed by atoms with Crippen LogP contribution in [0.5, 0.6) is 0 Å². The van der Waals surface area contributed by atoms with Crippen LogP contribution < -0.4 is 5.32 Å². The molecular weight excluding hydrogens is 683 g/mol. The quantitative estimate of drug-likeness (QED) is 0.0326. The summed E-state index contributed by atoms with van der Waals surface area (Å²) in [6, 6.07) is -0.647. The van der Waals surface area contributed by atoms with Gasteiger partial charge in [0.15, 0.2) is 0 Å². The van der Waals surface area contributed by atoms with E-state index in [1.54, 1.807) is 6.08 Å². The van der Waals surface area contributed by atoms with Gasteiger partial charge in [-0.3, -0.25) is 9.59 Å². The van der Waals surface area contributed by atoms with Crippen LogP contribution in [0.4, 0.5) is 0 Å². The lowest BCUT2D eigenvalue weighted by molar-refractivity contribution is -0.143. The number of hydrogen-bond acceptors (Lipinski definition) is 5. The van der Waals surface area contributed by atoms with Gasteiger partial charge in [0.25, 0.3) is 0 Å². The molecule has 0 aliphatic rings. The first-order chi connectivity index (χ1) is 27.0. The minimum atomic E-state index is -0.861. The SMILES string of the molecule is CCCCCCCC/C=C\CCCCCCCCCC(=O)OCCCC/C=C\CCCCCCCC(=O)NC(CO)C(O)/C=C/CCCCCCCCCC. The van der Waals surface area contributed by atoms with E-state index in [0.717, 1.165) is 83.5 Å². The van der Waals surface area contributed by atoms with E-state index in [9.17, 15) is 19.8 Å². The van der Waals surface area contributed by atoms with Crippen LogP contribution in [0.15, 0.2) is 36.5 Å². The Kier molecular flexibility index (Phi) is 43.2. The topological polar surface area (TPSA) is 95.9 Å². The molecule has 0 bridgehead atoms. The second-order valence-corrected chi connectivity index (χ2v) is 16.1. The molecule has 3 N–H and O–H groups in total. The third-order valence-electron chi connectivity index (χ3n) is 10.6. The molecule has 322 valence electrons. The standard InChI is InChI=1S/C49H91NO5/c1-3-5-7-9-11-13-15-16-17-18-19-20-23-27-31-35-39-43-49(54)55-44-40-36-32-28-24-21-22-26-30-34-38-42-48(53)50-46(45-51)47(52)41-37-33-29-25-14-12-10-8-6-4-2/h16-17,24,28,37,41,46-47,51-52H,3-15,18-23,25-27,29-36,38-40,42-45H2,1-2H3,(H,50,53)/b17-16-,28-24-,41-37+. The molecule has 6 nitrogen and oxygen atoms in total. The molecule has 0 heterocycles. The fourth-order valence-electron chi connectivity index (χ4n) is 6.91. The Hall–Kier alpha value is -1.92. The van der Waals surface area contributed by atoms with Gasteiger partial charge in [-0.25, -0.2) is 0 Å². The van der Waals surface area contributed by atoms with E-state index in [1.807, 2.05) is 6.08 Å². The molecule has 0 aromatic rings. The summed E-state index contributed by atoms with van der Waals surface area (Å²) in [6.07, 6.45) is 52.8. The molecule has 6 heteroatoms. The summed E-state index contributed by atoms with van der Waals surface area (Å²) in [7, 11) is 0. The number of allylic oxidation sites excluding steroid dienone is 5. The summed E-state index contributed by atoms with van der Waals surface area (Å²) in [5, 5.41) is 22.9. The van der Waals surface area contributed by atoms with Crippen LogP contribution in [0, 0.1) is 0 Å². The van der Waals surface area contributed by atoms with Gasteiger partial charge in [0.1, 0.15) is 0 Å². The van der Waals surface area contributed by atoms with E-state index < -0.39 is 12.1 Å². The highest BCUT2D eigenvalue weighted by Gasteiger charge is 2.18. The molecule has 0 aromatic heterocycles. The van der Waals surface area contributed by atoms with E-state index in [0.29, 0.717) is 19.4 Å². The lowest BCUT2D eigenvalue weighted by atomic mass is 10.1. The fraction of sp³-hybridized carbons (Fsp3) is 0.837. The number of ether oxygens (including phenoxy) is 1. The van der Waals surface area contributed by atoms with Crippen molar-refractivity contribution < 1.29 is 24.5 Å². The van der Waals surface area contributed by atoms with Crippen molar-refractivity contribution in [2.24, 2.45) is 0 Å². The van der Waals surface area contributed by atoms with Gasteiger partial charge in [-0.15, -0.1) is 0 Å². The molecule has 55 heavy (non-hydrogen) atoms. The molecule has 2 unspecified atom stereocenters. The Balaban J connectivity index is 3.53. The number of amides is 1. The molecule has 0 radical (unpaired) electrons. The normalized spacial score (nSPS) is 13.0. The van der Waals surface area contributed by atoms with Crippen molar-refractivity contribution in [2.75, 3.05) is 13.2 Å². The molecule has 0 rings (SSSR count). The number of unbranched alkanes of at least 4 members (excludes halogenated alkanes) is 28. The highest BCUT2D eigenvalue weighted by molar-refractivity contribution is 5.76. The maximum absolute atomic E-state index is 12.3. The molecule has 0 aliphatic heterocycles. The van der Waals surface area contributed by atoms with Gasteiger partial charge < -0.3 is 20.3 Å². The molecular formula is C49H91NO5. The van der Waals surface area contributed by atoms with Gasteiger partial charge in [0, 0.05) is 12.8 Å². The summed E-state index contributed by atoms with van der Waals surface area (Å²) in [6.45, 7) is 4.78. The van der Waals surface area contributed by atoms with Gasteiger partial charge in [0.2, 0.25) is 5.91 Å². The highest BCUT2D eigenvalue weighted by atomic mass is 16.5. The Bertz CT molecular complexity index is 900. The minimum Gasteiger partial charge on any atom is -0.466 e. The minimum absolute atomic E-state index is 0.0377. The molecule has 0 fully saturated rings. The summed E-state index contributed by atoms with van der Waals surface area (Å²) < 4.78 is 5.43. The summed E-state index contributed by atoms with van der Waals surface area (Å²) in [4.78, 5) is 24.4. The van der Waals surface area contributed by atoms with Gasteiger partial charge in [-0.2, -0.15) is 0 Å². The molecule has 0 aromatic carbocycles. The first kappa shape index (κ1) is 53.1. The van der Waals surface area contributed by atoms with Crippen LogP contribution in [0.2, 0.25) is 0 Å². The summed E-state index contributed by atoms with van der Waals surface area (Å²) >= 11 is 0. The predicted molar refractivity (Wildman–Crippen MR) is 236 cm³/mol. The summed E-state index contributed by atoms with van der Waals surface area (Å²) in [5.74, 6) is -0.138. The largest absolute Gasteiger partial charge is 0.466 e. The van der Waals surface area contributed by atoms with Gasteiger partial charge in [-0.05, 0) is 83.5 Å². The van der Waals surface area contributed by atoms with Crippen LogP contribution in [-0.4, -0.2) is 47.4 Å². The Morgan fingerprint density at radius 3 is 1.29 bits per heavy atom. The van der Waals surface area contributed by atoms with E-state index in [1.165, 1.54) is 128 Å². The van der Waals surface area contributed by atoms with Crippen molar-refractivity contribution in [3.63, 3.8) is 0 Å². The van der Waals surface area contributed by atoms with Crippen LogP contribution in [0.25, 0.3) is 0 Å². The molecule has 0 saturated heterocycles. The van der Waals surface area contributed by atoms with Crippen molar-refractivity contribution in [3.05, 3.63) is 36.5 Å². The number of hydrogen-bond donors (Lipinski definition) is 3. The van der Waals surface area contributed by atoms with Crippen LogP contribution in [-0.2, 0) is 14.3 Å². The monoisotopic (exact) mass is 774 g/mol. The van der Waals surface area contributed by atoms with Crippen molar-refractivity contribution >= 4 is 11.9 Å². The number of rotatable bonds is 43. The molecule has 1 amide bonds. The van der Waals surface area contributed by atoms with Crippen molar-refractivity contribution in [1.29, 1.82) is 0 Å². The highest BCUT2D eigenvalue weighted by Crippen LogP contribution is 2.13. The van der Waals surface area contributed by atoms with E-state index in [2.05, 4.69) is 43.5 Å². The number of aliphatic hydroxyl groups is 2. The average Bonchev–Trinajstić information content (AvgIpc) is 3.18. The first-order valence-corrected chi connectivity index (χ1v) is 23.8. The van der Waals surface area contributed by atoms with Gasteiger partial charge >= 0.3 is 5.97 Å². The summed E-state index contributed by atoms with van der Waals surface area (Å²) in [5.41, 5.74) is 0. The average molecular weight is 774 g/mol. The second kappa shape index (κ2) is 44.8. The smallest absolute Gasteiger partial charge is 0.305 e. The zero-order valence-electron chi connectivity index (χ0n) is 36.4. The Labute approximate surface area is 341 Å². The Morgan fingerprint density at radius 1 is 0.491 bits per heavy atom. The van der Waals surface area contributed by atoms with E-state index in [-0.39, 0.29) is 18.5 Å². The fourth-order valence-corrected chi connectivity index (χ4v) is 6.91. The van der Waals surface area contributed by atoms with Crippen LogP contribution in [0.3, 0.4) is 0 Å². The Morgan fingerprint density at radius 2 is 0.855 bits per heavy atom. The molecule has 0 spiro atoms. The lowest BCUT2D eigenvalue weighted by Crippen LogP contribution is -2.45. The van der Waals surface area contributed by atoms with Crippen molar-refractivity contribution in [3.8, 4) is 0 Å². The number of carbonyl (C=O) groups is 2. The van der Waals surface area contributed by atoms with Crippen molar-refractivity contribution in [2.45, 2.75) is 251 Å². The first-order valence-electron chi connectivity index (χ1n) is 23.8. The number of aliphatic hydroxyl groups excluding tert-OH is 2. The third-order valence-corrected chi connectivity index (χ3v) is 10.6. The molecule has 0 saturated carbocycles. The predicted octanol–water partition coefficient (Wildman–Crippen LogP) is 13.7. The van der Waals surface area contributed by atoms with Crippen LogP contribution >= 0.6 is 0 Å². The second-order valence-electron chi connectivity index (χ2n) is 16.1. The molecule has 2 atom stereocenters. The maximum atomic E-state index is 12.3. The van der Waals surface area contributed by atoms with Crippen molar-refractivity contribution in [1.82, 2.24) is 5.32 Å². The van der Waals surface area contributed by atoms with Gasteiger partial charge in [0.05, 0.1) is 25.4 Å². The number of nitrogens with one attached hydrogen (secondary N) is 1. The van der Waals surface area contributed by atoms with Gasteiger partial charge in [-0.1, -0.05) is 179 Å². The number of carbonyl (C=O) groups excluding carboxylic acids is 2.